The Kier molecular flexibility index (Phi) is 6.06. The minimum Gasteiger partial charge on any atom is -0.367 e. The second-order valence-corrected chi connectivity index (χ2v) is 7.07. The first kappa shape index (κ1) is 19.7. The zero-order valence-corrected chi connectivity index (χ0v) is 16.4. The number of aromatic nitrogens is 3. The van der Waals surface area contributed by atoms with Gasteiger partial charge in [-0.15, -0.1) is 10.2 Å². The first-order valence-corrected chi connectivity index (χ1v) is 9.76. The third-order valence-electron chi connectivity index (χ3n) is 4.79. The smallest absolute Gasteiger partial charge is 0.149 e. The number of nitrogens with one attached hydrogen (secondary N) is 1. The second-order valence-electron chi connectivity index (χ2n) is 7.07. The van der Waals surface area contributed by atoms with Crippen LogP contribution in [0.5, 0.6) is 0 Å². The summed E-state index contributed by atoms with van der Waals surface area (Å²) in [5, 5.41) is 12.0. The van der Waals surface area contributed by atoms with Crippen LogP contribution in [0.2, 0.25) is 0 Å². The second kappa shape index (κ2) is 9.24. The van der Waals surface area contributed by atoms with Gasteiger partial charge in [0.25, 0.3) is 0 Å². The Labute approximate surface area is 174 Å². The predicted molar refractivity (Wildman–Crippen MR) is 117 cm³/mol. The molecule has 2 aromatic heterocycles. The van der Waals surface area contributed by atoms with Crippen LogP contribution in [-0.4, -0.2) is 27.8 Å². The Morgan fingerprint density at radius 2 is 1.60 bits per heavy atom. The lowest BCUT2D eigenvalue weighted by atomic mass is 10.0. The molecule has 6 heteroatoms. The highest BCUT2D eigenvalue weighted by Gasteiger charge is 2.13. The van der Waals surface area contributed by atoms with E-state index in [9.17, 15) is 4.39 Å². The molecular weight excluding hydrogens is 377 g/mol. The van der Waals surface area contributed by atoms with Gasteiger partial charge >= 0.3 is 0 Å². The number of hydrogen-bond acceptors (Lipinski definition) is 5. The summed E-state index contributed by atoms with van der Waals surface area (Å²) in [4.78, 5) is 4.09. The molecule has 1 unspecified atom stereocenters. The van der Waals surface area contributed by atoms with Gasteiger partial charge < -0.3 is 11.1 Å². The third-order valence-corrected chi connectivity index (χ3v) is 4.79. The monoisotopic (exact) mass is 399 g/mol. The van der Waals surface area contributed by atoms with Crippen molar-refractivity contribution in [3.8, 4) is 22.4 Å². The Morgan fingerprint density at radius 3 is 2.33 bits per heavy atom. The molecule has 4 rings (SSSR count). The van der Waals surface area contributed by atoms with E-state index in [1.54, 1.807) is 24.5 Å². The van der Waals surface area contributed by atoms with Crippen LogP contribution < -0.4 is 11.1 Å². The van der Waals surface area contributed by atoms with Crippen molar-refractivity contribution in [2.24, 2.45) is 5.73 Å². The van der Waals surface area contributed by atoms with Crippen LogP contribution in [0.15, 0.2) is 85.2 Å². The summed E-state index contributed by atoms with van der Waals surface area (Å²) in [6.45, 7) is 0.565. The molecule has 0 aliphatic heterocycles. The van der Waals surface area contributed by atoms with Gasteiger partial charge in [-0.25, -0.2) is 4.39 Å². The molecule has 0 bridgehead atoms. The molecule has 0 aliphatic rings. The van der Waals surface area contributed by atoms with Crippen molar-refractivity contribution in [3.05, 3.63) is 96.6 Å². The fourth-order valence-electron chi connectivity index (χ4n) is 3.28. The molecule has 0 fully saturated rings. The van der Waals surface area contributed by atoms with Crippen LogP contribution in [0.1, 0.15) is 5.56 Å². The Morgan fingerprint density at radius 1 is 0.867 bits per heavy atom. The summed E-state index contributed by atoms with van der Waals surface area (Å²) < 4.78 is 13.4. The van der Waals surface area contributed by atoms with E-state index in [1.165, 1.54) is 17.7 Å². The minimum absolute atomic E-state index is 0.0599. The highest BCUT2D eigenvalue weighted by atomic mass is 19.1. The summed E-state index contributed by atoms with van der Waals surface area (Å²) in [5.41, 5.74) is 10.8. The summed E-state index contributed by atoms with van der Waals surface area (Å²) in [7, 11) is 0. The molecule has 1 atom stereocenters. The standard InChI is InChI=1S/C24H22FN5/c25-20-8-6-19(7-9-20)24-22(18-10-12-27-13-11-18)15-23(29-30-24)28-16-21(26)14-17-4-2-1-3-5-17/h1-13,15,21H,14,16,26H2,(H,28,29). The number of benzene rings is 2. The van der Waals surface area contributed by atoms with Crippen molar-refractivity contribution in [2.75, 3.05) is 11.9 Å². The molecule has 0 saturated carbocycles. The van der Waals surface area contributed by atoms with Crippen molar-refractivity contribution in [2.45, 2.75) is 12.5 Å². The number of nitrogens with zero attached hydrogens (tertiary/aromatic N) is 3. The summed E-state index contributed by atoms with van der Waals surface area (Å²) in [5.74, 6) is 0.346. The van der Waals surface area contributed by atoms with Crippen molar-refractivity contribution in [1.82, 2.24) is 15.2 Å². The maximum atomic E-state index is 13.4. The quantitative estimate of drug-likeness (QED) is 0.484. The van der Waals surface area contributed by atoms with Crippen LogP contribution >= 0.6 is 0 Å². The lowest BCUT2D eigenvalue weighted by Gasteiger charge is -2.15. The molecule has 30 heavy (non-hydrogen) atoms. The van der Waals surface area contributed by atoms with Crippen LogP contribution in [0.4, 0.5) is 10.2 Å². The highest BCUT2D eigenvalue weighted by Crippen LogP contribution is 2.31. The zero-order chi connectivity index (χ0) is 20.8. The average molecular weight is 399 g/mol. The molecule has 2 aromatic carbocycles. The first-order valence-electron chi connectivity index (χ1n) is 9.76. The summed E-state index contributed by atoms with van der Waals surface area (Å²) >= 11 is 0. The maximum Gasteiger partial charge on any atom is 0.149 e. The molecule has 5 nitrogen and oxygen atoms in total. The highest BCUT2D eigenvalue weighted by molar-refractivity contribution is 5.81. The first-order chi connectivity index (χ1) is 14.7. The Hall–Kier alpha value is -3.64. The van der Waals surface area contributed by atoms with Crippen molar-refractivity contribution in [3.63, 3.8) is 0 Å². The molecule has 0 saturated heterocycles. The van der Waals surface area contributed by atoms with Crippen LogP contribution in [0.3, 0.4) is 0 Å². The molecule has 0 spiro atoms. The number of pyridine rings is 1. The molecule has 2 heterocycles. The predicted octanol–water partition coefficient (Wildman–Crippen LogP) is 4.33. The van der Waals surface area contributed by atoms with Gasteiger partial charge in [0.1, 0.15) is 17.3 Å². The molecule has 0 amide bonds. The Bertz CT molecular complexity index is 1090. The van der Waals surface area contributed by atoms with E-state index in [0.29, 0.717) is 18.1 Å². The van der Waals surface area contributed by atoms with E-state index in [-0.39, 0.29) is 11.9 Å². The zero-order valence-electron chi connectivity index (χ0n) is 16.4. The fourth-order valence-corrected chi connectivity index (χ4v) is 3.28. The van der Waals surface area contributed by atoms with Gasteiger partial charge in [0.05, 0.1) is 0 Å². The fraction of sp³-hybridized carbons (Fsp3) is 0.125. The summed E-state index contributed by atoms with van der Waals surface area (Å²) in [6.07, 6.45) is 4.23. The number of rotatable bonds is 7. The van der Waals surface area contributed by atoms with E-state index >= 15 is 0 Å². The van der Waals surface area contributed by atoms with Gasteiger partial charge in [0.15, 0.2) is 0 Å². The summed E-state index contributed by atoms with van der Waals surface area (Å²) in [6, 6.07) is 22.1. The van der Waals surface area contributed by atoms with Gasteiger partial charge in [-0.1, -0.05) is 30.3 Å². The number of nitrogens with two attached hydrogens (primary N) is 1. The molecule has 0 aliphatic carbocycles. The average Bonchev–Trinajstić information content (AvgIpc) is 2.79. The van der Waals surface area contributed by atoms with Gasteiger partial charge in [-0.05, 0) is 60.0 Å². The van der Waals surface area contributed by atoms with E-state index in [4.69, 9.17) is 5.73 Å². The van der Waals surface area contributed by atoms with Crippen molar-refractivity contribution >= 4 is 5.82 Å². The SMILES string of the molecule is NC(CNc1cc(-c2ccncc2)c(-c2ccc(F)cc2)nn1)Cc1ccccc1. The van der Waals surface area contributed by atoms with Gasteiger partial charge in [0, 0.05) is 36.1 Å². The molecule has 150 valence electrons. The molecular formula is C24H22FN5. The number of anilines is 1. The molecule has 0 radical (unpaired) electrons. The van der Waals surface area contributed by atoms with E-state index in [1.807, 2.05) is 36.4 Å². The van der Waals surface area contributed by atoms with E-state index < -0.39 is 0 Å². The van der Waals surface area contributed by atoms with Gasteiger partial charge in [0.2, 0.25) is 0 Å². The number of hydrogen-bond donors (Lipinski definition) is 2. The van der Waals surface area contributed by atoms with E-state index in [2.05, 4.69) is 32.6 Å². The largest absolute Gasteiger partial charge is 0.367 e. The topological polar surface area (TPSA) is 76.7 Å². The molecule has 3 N–H and O–H groups in total. The number of halogens is 1. The lowest BCUT2D eigenvalue weighted by molar-refractivity contribution is 0.628. The lowest BCUT2D eigenvalue weighted by Crippen LogP contribution is -2.31. The van der Waals surface area contributed by atoms with Crippen molar-refractivity contribution < 1.29 is 4.39 Å². The van der Waals surface area contributed by atoms with Crippen LogP contribution in [-0.2, 0) is 6.42 Å². The van der Waals surface area contributed by atoms with Gasteiger partial charge in [-0.3, -0.25) is 4.98 Å². The van der Waals surface area contributed by atoms with Crippen LogP contribution in [0, 0.1) is 5.82 Å². The van der Waals surface area contributed by atoms with E-state index in [0.717, 1.165) is 23.1 Å². The van der Waals surface area contributed by atoms with Crippen molar-refractivity contribution in [1.29, 1.82) is 0 Å². The Balaban J connectivity index is 1.57. The third kappa shape index (κ3) is 4.85. The molecule has 4 aromatic rings. The maximum absolute atomic E-state index is 13.4. The van der Waals surface area contributed by atoms with Gasteiger partial charge in [-0.2, -0.15) is 0 Å². The minimum atomic E-state index is -0.289. The normalized spacial score (nSPS) is 11.8. The van der Waals surface area contributed by atoms with Crippen LogP contribution in [0.25, 0.3) is 22.4 Å².